The minimum Gasteiger partial charge on any atom is -0.480 e. The summed E-state index contributed by atoms with van der Waals surface area (Å²) >= 11 is 0. The Balaban J connectivity index is 1.74. The molecule has 1 heterocycles. The van der Waals surface area contributed by atoms with Gasteiger partial charge in [-0.3, -0.25) is 0 Å². The standard InChI is InChI=1S/C13H18N2O/c1-16-13-11(3-2-6-14-13)15-12-8-9-4-5-10(12)7-9/h2-3,6,9-10,12,15H,4-5,7-8H2,1H3. The first-order valence-electron chi connectivity index (χ1n) is 6.12. The molecular formula is C13H18N2O. The number of hydrogen-bond donors (Lipinski definition) is 1. The van der Waals surface area contributed by atoms with Crippen LogP contribution in [-0.2, 0) is 0 Å². The molecule has 3 unspecified atom stereocenters. The Bertz CT molecular complexity index is 380. The molecule has 86 valence electrons. The fourth-order valence-electron chi connectivity index (χ4n) is 3.28. The van der Waals surface area contributed by atoms with E-state index in [0.717, 1.165) is 17.5 Å². The summed E-state index contributed by atoms with van der Waals surface area (Å²) in [6, 6.07) is 4.65. The topological polar surface area (TPSA) is 34.1 Å². The van der Waals surface area contributed by atoms with E-state index in [1.807, 2.05) is 6.07 Å². The van der Waals surface area contributed by atoms with Crippen LogP contribution in [0, 0.1) is 11.8 Å². The molecule has 0 saturated heterocycles. The molecule has 0 radical (unpaired) electrons. The van der Waals surface area contributed by atoms with Crippen molar-refractivity contribution in [2.45, 2.75) is 31.7 Å². The van der Waals surface area contributed by atoms with Gasteiger partial charge in [0.2, 0.25) is 5.88 Å². The van der Waals surface area contributed by atoms with Crippen LogP contribution in [0.5, 0.6) is 5.88 Å². The maximum atomic E-state index is 5.26. The van der Waals surface area contributed by atoms with Gasteiger partial charge in [-0.25, -0.2) is 4.98 Å². The number of hydrogen-bond acceptors (Lipinski definition) is 3. The van der Waals surface area contributed by atoms with Gasteiger partial charge in [0.25, 0.3) is 0 Å². The van der Waals surface area contributed by atoms with Crippen LogP contribution in [-0.4, -0.2) is 18.1 Å². The molecule has 1 aromatic heterocycles. The molecule has 0 aliphatic heterocycles. The second-order valence-corrected chi connectivity index (χ2v) is 4.99. The third-order valence-corrected chi connectivity index (χ3v) is 4.04. The predicted octanol–water partition coefficient (Wildman–Crippen LogP) is 2.69. The molecule has 3 atom stereocenters. The first kappa shape index (κ1) is 9.94. The molecule has 3 rings (SSSR count). The Morgan fingerprint density at radius 1 is 1.38 bits per heavy atom. The van der Waals surface area contributed by atoms with Crippen molar-refractivity contribution >= 4 is 5.69 Å². The van der Waals surface area contributed by atoms with Gasteiger partial charge in [-0.1, -0.05) is 6.42 Å². The van der Waals surface area contributed by atoms with Crippen molar-refractivity contribution in [3.05, 3.63) is 18.3 Å². The fourth-order valence-corrected chi connectivity index (χ4v) is 3.28. The Kier molecular flexibility index (Phi) is 2.46. The molecule has 2 aliphatic rings. The van der Waals surface area contributed by atoms with Crippen LogP contribution < -0.4 is 10.1 Å². The van der Waals surface area contributed by atoms with Crippen molar-refractivity contribution in [3.63, 3.8) is 0 Å². The number of fused-ring (bicyclic) bond motifs is 2. The lowest BCUT2D eigenvalue weighted by Gasteiger charge is -2.24. The van der Waals surface area contributed by atoms with Gasteiger partial charge in [0.15, 0.2) is 0 Å². The molecule has 2 aliphatic carbocycles. The number of methoxy groups -OCH3 is 1. The van der Waals surface area contributed by atoms with Crippen LogP contribution in [0.2, 0.25) is 0 Å². The molecule has 0 amide bonds. The Hall–Kier alpha value is -1.25. The monoisotopic (exact) mass is 218 g/mol. The number of rotatable bonds is 3. The van der Waals surface area contributed by atoms with E-state index in [2.05, 4.69) is 16.4 Å². The SMILES string of the molecule is COc1ncccc1NC1CC2CCC1C2. The largest absolute Gasteiger partial charge is 0.480 e. The summed E-state index contributed by atoms with van der Waals surface area (Å²) in [7, 11) is 1.67. The summed E-state index contributed by atoms with van der Waals surface area (Å²) in [6.07, 6.45) is 7.34. The predicted molar refractivity (Wildman–Crippen MR) is 63.6 cm³/mol. The molecule has 16 heavy (non-hydrogen) atoms. The van der Waals surface area contributed by atoms with E-state index < -0.39 is 0 Å². The minimum absolute atomic E-state index is 0.636. The van der Waals surface area contributed by atoms with Gasteiger partial charge in [0, 0.05) is 12.2 Å². The summed E-state index contributed by atoms with van der Waals surface area (Å²) in [5.41, 5.74) is 1.04. The van der Waals surface area contributed by atoms with E-state index >= 15 is 0 Å². The molecule has 2 bridgehead atoms. The van der Waals surface area contributed by atoms with Crippen LogP contribution >= 0.6 is 0 Å². The van der Waals surface area contributed by atoms with E-state index in [9.17, 15) is 0 Å². The fraction of sp³-hybridized carbons (Fsp3) is 0.615. The van der Waals surface area contributed by atoms with Crippen LogP contribution in [0.1, 0.15) is 25.7 Å². The maximum Gasteiger partial charge on any atom is 0.237 e. The number of nitrogens with zero attached hydrogens (tertiary/aromatic N) is 1. The van der Waals surface area contributed by atoms with Gasteiger partial charge < -0.3 is 10.1 Å². The van der Waals surface area contributed by atoms with E-state index in [0.29, 0.717) is 11.9 Å². The molecule has 1 aromatic rings. The van der Waals surface area contributed by atoms with Crippen LogP contribution in [0.3, 0.4) is 0 Å². The number of pyridine rings is 1. The minimum atomic E-state index is 0.636. The van der Waals surface area contributed by atoms with E-state index in [1.54, 1.807) is 13.3 Å². The van der Waals surface area contributed by atoms with E-state index in [-0.39, 0.29) is 0 Å². The highest BCUT2D eigenvalue weighted by Gasteiger charge is 2.39. The van der Waals surface area contributed by atoms with Crippen LogP contribution in [0.15, 0.2) is 18.3 Å². The number of ether oxygens (including phenoxy) is 1. The second-order valence-electron chi connectivity index (χ2n) is 4.99. The van der Waals surface area contributed by atoms with Crippen molar-refractivity contribution in [1.29, 1.82) is 0 Å². The Labute approximate surface area is 96.2 Å². The maximum absolute atomic E-state index is 5.26. The van der Waals surface area contributed by atoms with Crippen molar-refractivity contribution in [2.24, 2.45) is 11.8 Å². The smallest absolute Gasteiger partial charge is 0.237 e. The van der Waals surface area contributed by atoms with Gasteiger partial charge >= 0.3 is 0 Å². The van der Waals surface area contributed by atoms with Gasteiger partial charge in [-0.2, -0.15) is 0 Å². The number of anilines is 1. The number of nitrogens with one attached hydrogen (secondary N) is 1. The highest BCUT2D eigenvalue weighted by atomic mass is 16.5. The molecule has 2 fully saturated rings. The Morgan fingerprint density at radius 3 is 3.00 bits per heavy atom. The summed E-state index contributed by atoms with van der Waals surface area (Å²) in [6.45, 7) is 0. The summed E-state index contributed by atoms with van der Waals surface area (Å²) in [4.78, 5) is 4.22. The highest BCUT2D eigenvalue weighted by molar-refractivity contribution is 5.53. The molecule has 2 saturated carbocycles. The lowest BCUT2D eigenvalue weighted by atomic mass is 9.95. The summed E-state index contributed by atoms with van der Waals surface area (Å²) < 4.78 is 5.26. The lowest BCUT2D eigenvalue weighted by molar-refractivity contribution is 0.395. The molecule has 1 N–H and O–H groups in total. The third-order valence-electron chi connectivity index (χ3n) is 4.04. The van der Waals surface area contributed by atoms with Crippen molar-refractivity contribution in [1.82, 2.24) is 4.98 Å². The molecule has 0 spiro atoms. The molecular weight excluding hydrogens is 200 g/mol. The Morgan fingerprint density at radius 2 is 2.31 bits per heavy atom. The molecule has 0 aromatic carbocycles. The second kappa shape index (κ2) is 3.96. The van der Waals surface area contributed by atoms with E-state index in [4.69, 9.17) is 4.74 Å². The lowest BCUT2D eigenvalue weighted by Crippen LogP contribution is -2.26. The zero-order valence-corrected chi connectivity index (χ0v) is 9.65. The first-order chi connectivity index (χ1) is 7.86. The van der Waals surface area contributed by atoms with Crippen molar-refractivity contribution in [2.75, 3.05) is 12.4 Å². The van der Waals surface area contributed by atoms with Gasteiger partial charge in [0.05, 0.1) is 12.8 Å². The van der Waals surface area contributed by atoms with Crippen molar-refractivity contribution < 1.29 is 4.74 Å². The van der Waals surface area contributed by atoms with Gasteiger partial charge in [-0.15, -0.1) is 0 Å². The normalized spacial score (nSPS) is 31.7. The third kappa shape index (κ3) is 1.64. The van der Waals surface area contributed by atoms with Gasteiger partial charge in [-0.05, 0) is 43.2 Å². The van der Waals surface area contributed by atoms with Gasteiger partial charge in [0.1, 0.15) is 0 Å². The average Bonchev–Trinajstić information content (AvgIpc) is 2.92. The first-order valence-corrected chi connectivity index (χ1v) is 6.12. The average molecular weight is 218 g/mol. The molecule has 3 nitrogen and oxygen atoms in total. The van der Waals surface area contributed by atoms with Crippen LogP contribution in [0.25, 0.3) is 0 Å². The summed E-state index contributed by atoms with van der Waals surface area (Å²) in [5.74, 6) is 2.55. The quantitative estimate of drug-likeness (QED) is 0.847. The molecule has 3 heteroatoms. The number of aromatic nitrogens is 1. The van der Waals surface area contributed by atoms with Crippen LogP contribution in [0.4, 0.5) is 5.69 Å². The highest BCUT2D eigenvalue weighted by Crippen LogP contribution is 2.45. The zero-order chi connectivity index (χ0) is 11.0. The van der Waals surface area contributed by atoms with E-state index in [1.165, 1.54) is 25.7 Å². The zero-order valence-electron chi connectivity index (χ0n) is 9.65. The van der Waals surface area contributed by atoms with Crippen molar-refractivity contribution in [3.8, 4) is 5.88 Å². The summed E-state index contributed by atoms with van der Waals surface area (Å²) in [5, 5.41) is 3.60.